The van der Waals surface area contributed by atoms with E-state index in [4.69, 9.17) is 4.74 Å². The van der Waals surface area contributed by atoms with E-state index in [-0.39, 0.29) is 5.54 Å². The highest BCUT2D eigenvalue weighted by Gasteiger charge is 2.19. The molecule has 1 aromatic heterocycles. The standard InChI is InChI=1S/C18H28N2O/c1-14-7-5-6-8-15(14)13-21-17-9-10-19-11-16(17)12-20-18(2,3)4/h5-6,9-11,14-15,20H,7-8,12-13H2,1-4H3. The second-order valence-electron chi connectivity index (χ2n) is 7.08. The molecule has 1 heterocycles. The summed E-state index contributed by atoms with van der Waals surface area (Å²) in [6.07, 6.45) is 10.6. The fourth-order valence-electron chi connectivity index (χ4n) is 2.48. The van der Waals surface area contributed by atoms with Crippen molar-refractivity contribution in [3.63, 3.8) is 0 Å². The molecule has 2 rings (SSSR count). The van der Waals surface area contributed by atoms with E-state index in [0.717, 1.165) is 30.9 Å². The first-order valence-corrected chi connectivity index (χ1v) is 7.91. The van der Waals surface area contributed by atoms with Crippen LogP contribution in [0, 0.1) is 11.8 Å². The molecule has 3 nitrogen and oxygen atoms in total. The Hall–Kier alpha value is -1.35. The Morgan fingerprint density at radius 2 is 2.05 bits per heavy atom. The molecule has 1 aromatic rings. The third kappa shape index (κ3) is 5.16. The van der Waals surface area contributed by atoms with Gasteiger partial charge in [-0.05, 0) is 51.5 Å². The Morgan fingerprint density at radius 3 is 2.76 bits per heavy atom. The molecular weight excluding hydrogens is 260 g/mol. The third-order valence-electron chi connectivity index (χ3n) is 4.04. The van der Waals surface area contributed by atoms with Gasteiger partial charge >= 0.3 is 0 Å². The lowest BCUT2D eigenvalue weighted by atomic mass is 9.85. The summed E-state index contributed by atoms with van der Waals surface area (Å²) in [7, 11) is 0. The zero-order chi connectivity index (χ0) is 15.3. The Morgan fingerprint density at radius 1 is 1.29 bits per heavy atom. The van der Waals surface area contributed by atoms with E-state index in [1.54, 1.807) is 6.20 Å². The van der Waals surface area contributed by atoms with Gasteiger partial charge in [0.1, 0.15) is 5.75 Å². The predicted octanol–water partition coefficient (Wildman–Crippen LogP) is 3.95. The zero-order valence-corrected chi connectivity index (χ0v) is 13.7. The highest BCUT2D eigenvalue weighted by Crippen LogP contribution is 2.26. The van der Waals surface area contributed by atoms with E-state index in [1.165, 1.54) is 6.42 Å². The van der Waals surface area contributed by atoms with Crippen molar-refractivity contribution >= 4 is 0 Å². The SMILES string of the molecule is CC1CC=CCC1COc1ccncc1CNC(C)(C)C. The van der Waals surface area contributed by atoms with Crippen LogP contribution in [0.2, 0.25) is 0 Å². The Balaban J connectivity index is 1.95. The Bertz CT molecular complexity index is 476. The van der Waals surface area contributed by atoms with Crippen LogP contribution < -0.4 is 10.1 Å². The van der Waals surface area contributed by atoms with Crippen molar-refractivity contribution < 1.29 is 4.74 Å². The van der Waals surface area contributed by atoms with Gasteiger partial charge in [-0.1, -0.05) is 19.1 Å². The van der Waals surface area contributed by atoms with E-state index in [1.807, 2.05) is 12.3 Å². The first kappa shape index (κ1) is 16.0. The van der Waals surface area contributed by atoms with Gasteiger partial charge in [-0.15, -0.1) is 0 Å². The van der Waals surface area contributed by atoms with Crippen molar-refractivity contribution in [2.75, 3.05) is 6.61 Å². The van der Waals surface area contributed by atoms with Crippen LogP contribution in [0.1, 0.15) is 46.1 Å². The largest absolute Gasteiger partial charge is 0.493 e. The summed E-state index contributed by atoms with van der Waals surface area (Å²) < 4.78 is 6.10. The summed E-state index contributed by atoms with van der Waals surface area (Å²) >= 11 is 0. The van der Waals surface area contributed by atoms with Crippen LogP contribution >= 0.6 is 0 Å². The highest BCUT2D eigenvalue weighted by atomic mass is 16.5. The summed E-state index contributed by atoms with van der Waals surface area (Å²) in [5.41, 5.74) is 1.22. The number of allylic oxidation sites excluding steroid dienone is 2. The maximum absolute atomic E-state index is 6.10. The lowest BCUT2D eigenvalue weighted by Crippen LogP contribution is -2.35. The Labute approximate surface area is 128 Å². The fourth-order valence-corrected chi connectivity index (χ4v) is 2.48. The molecule has 0 aliphatic heterocycles. The molecule has 2 atom stereocenters. The molecule has 0 aromatic carbocycles. The second kappa shape index (κ2) is 7.08. The van der Waals surface area contributed by atoms with E-state index in [0.29, 0.717) is 11.8 Å². The van der Waals surface area contributed by atoms with Gasteiger partial charge in [0, 0.05) is 30.0 Å². The maximum atomic E-state index is 6.10. The number of ether oxygens (including phenoxy) is 1. The summed E-state index contributed by atoms with van der Waals surface area (Å²) in [6.45, 7) is 10.4. The van der Waals surface area contributed by atoms with Crippen LogP contribution in [-0.4, -0.2) is 17.1 Å². The van der Waals surface area contributed by atoms with Crippen molar-refractivity contribution in [2.24, 2.45) is 11.8 Å². The van der Waals surface area contributed by atoms with Gasteiger partial charge in [-0.3, -0.25) is 4.98 Å². The first-order chi connectivity index (χ1) is 9.96. The van der Waals surface area contributed by atoms with Gasteiger partial charge in [0.2, 0.25) is 0 Å². The molecule has 0 fully saturated rings. The van der Waals surface area contributed by atoms with Crippen LogP contribution in [0.15, 0.2) is 30.6 Å². The summed E-state index contributed by atoms with van der Waals surface area (Å²) in [6, 6.07) is 1.98. The van der Waals surface area contributed by atoms with Crippen molar-refractivity contribution in [1.82, 2.24) is 10.3 Å². The minimum Gasteiger partial charge on any atom is -0.493 e. The van der Waals surface area contributed by atoms with E-state index in [9.17, 15) is 0 Å². The summed E-state index contributed by atoms with van der Waals surface area (Å²) in [5, 5.41) is 3.49. The number of rotatable bonds is 5. The average molecular weight is 288 g/mol. The molecule has 0 amide bonds. The average Bonchev–Trinajstić information content (AvgIpc) is 2.44. The van der Waals surface area contributed by atoms with Gasteiger partial charge in [0.15, 0.2) is 0 Å². The maximum Gasteiger partial charge on any atom is 0.126 e. The van der Waals surface area contributed by atoms with Crippen molar-refractivity contribution in [1.29, 1.82) is 0 Å². The number of nitrogens with zero attached hydrogens (tertiary/aromatic N) is 1. The van der Waals surface area contributed by atoms with E-state index >= 15 is 0 Å². The third-order valence-corrected chi connectivity index (χ3v) is 4.04. The Kier molecular flexibility index (Phi) is 5.40. The van der Waals surface area contributed by atoms with Crippen molar-refractivity contribution in [3.8, 4) is 5.75 Å². The van der Waals surface area contributed by atoms with Gasteiger partial charge < -0.3 is 10.1 Å². The molecule has 1 aliphatic carbocycles. The summed E-state index contributed by atoms with van der Waals surface area (Å²) in [4.78, 5) is 4.22. The lowest BCUT2D eigenvalue weighted by molar-refractivity contribution is 0.196. The van der Waals surface area contributed by atoms with Crippen LogP contribution in [0.5, 0.6) is 5.75 Å². The minimum absolute atomic E-state index is 0.0930. The topological polar surface area (TPSA) is 34.1 Å². The van der Waals surface area contributed by atoms with E-state index < -0.39 is 0 Å². The number of hydrogen-bond donors (Lipinski definition) is 1. The number of pyridine rings is 1. The van der Waals surface area contributed by atoms with Crippen molar-refractivity contribution in [3.05, 3.63) is 36.2 Å². The fraction of sp³-hybridized carbons (Fsp3) is 0.611. The molecule has 0 saturated carbocycles. The molecule has 2 unspecified atom stereocenters. The molecule has 0 bridgehead atoms. The second-order valence-corrected chi connectivity index (χ2v) is 7.08. The molecule has 21 heavy (non-hydrogen) atoms. The predicted molar refractivity (Wildman–Crippen MR) is 87.4 cm³/mol. The minimum atomic E-state index is 0.0930. The molecule has 3 heteroatoms. The monoisotopic (exact) mass is 288 g/mol. The molecular formula is C18H28N2O. The van der Waals surface area contributed by atoms with Crippen LogP contribution in [0.4, 0.5) is 0 Å². The molecule has 0 radical (unpaired) electrons. The zero-order valence-electron chi connectivity index (χ0n) is 13.7. The van der Waals surface area contributed by atoms with Gasteiger partial charge in [-0.2, -0.15) is 0 Å². The molecule has 0 spiro atoms. The van der Waals surface area contributed by atoms with Gasteiger partial charge in [0.05, 0.1) is 6.61 Å². The lowest BCUT2D eigenvalue weighted by Gasteiger charge is -2.26. The molecule has 116 valence electrons. The molecule has 0 saturated heterocycles. The quantitative estimate of drug-likeness (QED) is 0.833. The number of hydrogen-bond acceptors (Lipinski definition) is 3. The number of nitrogens with one attached hydrogen (secondary N) is 1. The van der Waals surface area contributed by atoms with Gasteiger partial charge in [0.25, 0.3) is 0 Å². The van der Waals surface area contributed by atoms with Crippen LogP contribution in [0.3, 0.4) is 0 Å². The smallest absolute Gasteiger partial charge is 0.126 e. The van der Waals surface area contributed by atoms with Crippen molar-refractivity contribution in [2.45, 2.75) is 52.6 Å². The van der Waals surface area contributed by atoms with E-state index in [2.05, 4.69) is 50.1 Å². The highest BCUT2D eigenvalue weighted by molar-refractivity contribution is 5.30. The van der Waals surface area contributed by atoms with Crippen LogP contribution in [-0.2, 0) is 6.54 Å². The normalized spacial score (nSPS) is 22.3. The van der Waals surface area contributed by atoms with Gasteiger partial charge in [-0.25, -0.2) is 0 Å². The van der Waals surface area contributed by atoms with Crippen LogP contribution in [0.25, 0.3) is 0 Å². The summed E-state index contributed by atoms with van der Waals surface area (Å²) in [5.74, 6) is 2.28. The molecule has 1 N–H and O–H groups in total. The molecule has 1 aliphatic rings. The first-order valence-electron chi connectivity index (χ1n) is 7.91. The number of aromatic nitrogens is 1.